The van der Waals surface area contributed by atoms with Crippen LogP contribution in [0.15, 0.2) is 54.9 Å². The van der Waals surface area contributed by atoms with Gasteiger partial charge in [0, 0.05) is 25.0 Å². The van der Waals surface area contributed by atoms with Crippen LogP contribution >= 0.6 is 0 Å². The van der Waals surface area contributed by atoms with Gasteiger partial charge in [0.15, 0.2) is 9.84 Å². The highest BCUT2D eigenvalue weighted by molar-refractivity contribution is 8.00. The molecule has 1 atom stereocenters. The Hall–Kier alpha value is -2.47. The van der Waals surface area contributed by atoms with Crippen LogP contribution in [0.1, 0.15) is 47.3 Å². The summed E-state index contributed by atoms with van der Waals surface area (Å²) in [7, 11) is -1.47. The summed E-state index contributed by atoms with van der Waals surface area (Å²) in [6.07, 6.45) is 6.48. The Morgan fingerprint density at radius 2 is 2.08 bits per heavy atom. The van der Waals surface area contributed by atoms with Gasteiger partial charge >= 0.3 is 0 Å². The molecule has 0 aliphatic carbocycles. The lowest BCUT2D eigenvalue weighted by molar-refractivity contribution is 0.0726. The summed E-state index contributed by atoms with van der Waals surface area (Å²) in [6.45, 7) is 2.02. The van der Waals surface area contributed by atoms with Gasteiger partial charge < -0.3 is 4.90 Å². The van der Waals surface area contributed by atoms with Crippen LogP contribution in [0.25, 0.3) is 4.91 Å². The number of rotatable bonds is 5. The van der Waals surface area contributed by atoms with Crippen molar-refractivity contribution in [1.82, 2.24) is 9.88 Å². The van der Waals surface area contributed by atoms with Gasteiger partial charge in [-0.3, -0.25) is 9.78 Å². The molecule has 3 rings (SSSR count). The Kier molecular flexibility index (Phi) is 5.23. The van der Waals surface area contributed by atoms with Crippen molar-refractivity contribution in [3.63, 3.8) is 0 Å². The van der Waals surface area contributed by atoms with E-state index in [1.165, 1.54) is 0 Å². The summed E-state index contributed by atoms with van der Waals surface area (Å²) in [5.41, 5.74) is 2.04. The van der Waals surface area contributed by atoms with E-state index >= 15 is 0 Å². The predicted octanol–water partition coefficient (Wildman–Crippen LogP) is 3.46. The zero-order valence-electron chi connectivity index (χ0n) is 14.9. The molecule has 0 N–H and O–H groups in total. The molecule has 2 aromatic rings. The van der Waals surface area contributed by atoms with Crippen molar-refractivity contribution >= 4 is 20.6 Å². The van der Waals surface area contributed by atoms with Crippen LogP contribution in [0.3, 0.4) is 0 Å². The molecule has 1 aliphatic rings. The molecule has 0 fully saturated rings. The van der Waals surface area contributed by atoms with Crippen molar-refractivity contribution in [3.05, 3.63) is 71.6 Å². The number of sulfone groups is 1. The summed E-state index contributed by atoms with van der Waals surface area (Å²) < 4.78 is 24.3. The molecular weight excluding hydrogens is 348 g/mol. The lowest BCUT2D eigenvalue weighted by Gasteiger charge is -2.27. The fraction of sp³-hybridized carbons (Fsp3) is 0.300. The second kappa shape index (κ2) is 7.41. The zero-order valence-corrected chi connectivity index (χ0v) is 15.7. The van der Waals surface area contributed by atoms with Gasteiger partial charge in [0.05, 0.1) is 16.7 Å². The van der Waals surface area contributed by atoms with Crippen molar-refractivity contribution in [2.24, 2.45) is 0 Å². The molecule has 0 saturated heterocycles. The topological polar surface area (TPSA) is 67.3 Å². The average molecular weight is 370 g/mol. The molecule has 136 valence electrons. The molecule has 1 amide bonds. The third kappa shape index (κ3) is 3.55. The Morgan fingerprint density at radius 3 is 2.69 bits per heavy atom. The summed E-state index contributed by atoms with van der Waals surface area (Å²) in [6, 6.07) is 10.6. The standard InChI is InChI=1S/C20H22N2O3S/c1-3-18(17-9-5-11-21-14-17)22(2)20(23)16-8-4-7-15(13-16)19-10-6-12-26(19,24)25/h4-5,7-11,13-14,18H,3,6,12H2,1-2H3/t18-/m1/s1. The lowest BCUT2D eigenvalue weighted by atomic mass is 10.0. The van der Waals surface area contributed by atoms with Crippen molar-refractivity contribution in [1.29, 1.82) is 0 Å². The van der Waals surface area contributed by atoms with E-state index in [0.29, 0.717) is 22.5 Å². The molecule has 1 aromatic heterocycles. The molecule has 0 spiro atoms. The number of allylic oxidation sites excluding steroid dienone is 1. The largest absolute Gasteiger partial charge is 0.335 e. The molecular formula is C20H22N2O3S. The number of nitrogens with zero attached hydrogens (tertiary/aromatic N) is 2. The highest BCUT2D eigenvalue weighted by atomic mass is 32.2. The zero-order chi connectivity index (χ0) is 18.7. The molecule has 5 nitrogen and oxygen atoms in total. The minimum atomic E-state index is -3.24. The lowest BCUT2D eigenvalue weighted by Crippen LogP contribution is -2.31. The molecule has 1 aromatic carbocycles. The minimum Gasteiger partial charge on any atom is -0.335 e. The molecule has 2 heterocycles. The van der Waals surface area contributed by atoms with Gasteiger partial charge in [-0.25, -0.2) is 8.42 Å². The van der Waals surface area contributed by atoms with E-state index in [9.17, 15) is 13.2 Å². The van der Waals surface area contributed by atoms with E-state index in [0.717, 1.165) is 12.0 Å². The monoisotopic (exact) mass is 370 g/mol. The van der Waals surface area contributed by atoms with Crippen LogP contribution in [0, 0.1) is 0 Å². The Labute approximate surface area is 154 Å². The maximum Gasteiger partial charge on any atom is 0.254 e. The van der Waals surface area contributed by atoms with Crippen molar-refractivity contribution in [2.45, 2.75) is 25.8 Å². The Bertz CT molecular complexity index is 937. The third-order valence-corrected chi connectivity index (χ3v) is 6.53. The smallest absolute Gasteiger partial charge is 0.254 e. The maximum atomic E-state index is 13.0. The predicted molar refractivity (Wildman–Crippen MR) is 102 cm³/mol. The fourth-order valence-electron chi connectivity index (χ4n) is 3.34. The molecule has 0 saturated carbocycles. The van der Waals surface area contributed by atoms with Gasteiger partial charge in [-0.2, -0.15) is 0 Å². The molecule has 0 bridgehead atoms. The number of carbonyl (C=O) groups excluding carboxylic acids is 1. The third-order valence-electron chi connectivity index (χ3n) is 4.69. The first kappa shape index (κ1) is 18.3. The molecule has 26 heavy (non-hydrogen) atoms. The molecule has 0 radical (unpaired) electrons. The van der Waals surface area contributed by atoms with Crippen LogP contribution < -0.4 is 0 Å². The van der Waals surface area contributed by atoms with E-state index in [1.54, 1.807) is 54.7 Å². The van der Waals surface area contributed by atoms with E-state index in [-0.39, 0.29) is 17.7 Å². The summed E-state index contributed by atoms with van der Waals surface area (Å²) in [5.74, 6) is -0.00201. The summed E-state index contributed by atoms with van der Waals surface area (Å²) in [5, 5.41) is 0. The number of carbonyl (C=O) groups is 1. The number of amides is 1. The van der Waals surface area contributed by atoms with Crippen molar-refractivity contribution in [2.75, 3.05) is 12.8 Å². The molecule has 1 aliphatic heterocycles. The van der Waals surface area contributed by atoms with Gasteiger partial charge in [-0.1, -0.05) is 31.2 Å². The first-order valence-corrected chi connectivity index (χ1v) is 10.3. The van der Waals surface area contributed by atoms with Gasteiger partial charge in [0.1, 0.15) is 0 Å². The molecule has 6 heteroatoms. The van der Waals surface area contributed by atoms with Gasteiger partial charge in [0.25, 0.3) is 5.91 Å². The average Bonchev–Trinajstić information content (AvgIpc) is 3.01. The van der Waals surface area contributed by atoms with Gasteiger partial charge in [-0.05, 0) is 42.2 Å². The Morgan fingerprint density at radius 1 is 1.27 bits per heavy atom. The van der Waals surface area contributed by atoms with Gasteiger partial charge in [0.2, 0.25) is 0 Å². The number of hydrogen-bond donors (Lipinski definition) is 0. The van der Waals surface area contributed by atoms with E-state index in [2.05, 4.69) is 4.98 Å². The maximum absolute atomic E-state index is 13.0. The van der Waals surface area contributed by atoms with Crippen LogP contribution in [0.2, 0.25) is 0 Å². The number of pyridine rings is 1. The van der Waals surface area contributed by atoms with E-state index < -0.39 is 9.84 Å². The first-order valence-electron chi connectivity index (χ1n) is 8.64. The SMILES string of the molecule is CC[C@H](c1cccnc1)N(C)C(=O)c1cccc(C2=CCCS2(=O)=O)c1. The minimum absolute atomic E-state index is 0.0886. The second-order valence-electron chi connectivity index (χ2n) is 6.38. The number of aromatic nitrogens is 1. The second-order valence-corrected chi connectivity index (χ2v) is 8.46. The fourth-order valence-corrected chi connectivity index (χ4v) is 4.84. The van der Waals surface area contributed by atoms with E-state index in [4.69, 9.17) is 0 Å². The quantitative estimate of drug-likeness (QED) is 0.808. The Balaban J connectivity index is 1.89. The summed E-state index contributed by atoms with van der Waals surface area (Å²) in [4.78, 5) is 19.1. The highest BCUT2D eigenvalue weighted by Gasteiger charge is 2.26. The van der Waals surface area contributed by atoms with Gasteiger partial charge in [-0.15, -0.1) is 0 Å². The number of benzene rings is 1. The number of hydrogen-bond acceptors (Lipinski definition) is 4. The highest BCUT2D eigenvalue weighted by Crippen LogP contribution is 2.30. The van der Waals surface area contributed by atoms with Crippen LogP contribution in [0.4, 0.5) is 0 Å². The van der Waals surface area contributed by atoms with E-state index in [1.807, 2.05) is 19.1 Å². The van der Waals surface area contributed by atoms with Crippen molar-refractivity contribution in [3.8, 4) is 0 Å². The summed E-state index contributed by atoms with van der Waals surface area (Å²) >= 11 is 0. The van der Waals surface area contributed by atoms with Crippen LogP contribution in [-0.4, -0.2) is 37.0 Å². The normalized spacial score (nSPS) is 16.8. The molecule has 0 unspecified atom stereocenters. The van der Waals surface area contributed by atoms with Crippen LogP contribution in [0.5, 0.6) is 0 Å². The van der Waals surface area contributed by atoms with Crippen molar-refractivity contribution < 1.29 is 13.2 Å². The van der Waals surface area contributed by atoms with Crippen LogP contribution in [-0.2, 0) is 9.84 Å². The first-order chi connectivity index (χ1) is 12.4.